The van der Waals surface area contributed by atoms with E-state index in [1.807, 2.05) is 13.8 Å². The SMILES string of the molecule is COc1ncccc1C(=O)N1CCC(O)(c2cn(C(C)C)nn2)C1. The van der Waals surface area contributed by atoms with E-state index in [-0.39, 0.29) is 24.4 Å². The zero-order chi connectivity index (χ0) is 17.3. The van der Waals surface area contributed by atoms with Crippen LogP contribution in [-0.2, 0) is 5.60 Å². The molecule has 2 aromatic heterocycles. The van der Waals surface area contributed by atoms with Crippen LogP contribution in [0.2, 0.25) is 0 Å². The lowest BCUT2D eigenvalue weighted by Gasteiger charge is -2.21. The van der Waals surface area contributed by atoms with Crippen LogP contribution in [0.1, 0.15) is 42.4 Å². The summed E-state index contributed by atoms with van der Waals surface area (Å²) in [6.45, 7) is 4.58. The Bertz CT molecular complexity index is 745. The Balaban J connectivity index is 1.80. The maximum absolute atomic E-state index is 12.7. The lowest BCUT2D eigenvalue weighted by molar-refractivity contribution is 0.0380. The summed E-state index contributed by atoms with van der Waals surface area (Å²) in [6, 6.07) is 3.51. The third kappa shape index (κ3) is 2.84. The third-order valence-corrected chi connectivity index (χ3v) is 4.25. The van der Waals surface area contributed by atoms with Gasteiger partial charge in [-0.3, -0.25) is 4.79 Å². The van der Waals surface area contributed by atoms with Crippen molar-refractivity contribution in [2.75, 3.05) is 20.2 Å². The molecular weight excluding hydrogens is 310 g/mol. The van der Waals surface area contributed by atoms with Gasteiger partial charge in [0.25, 0.3) is 5.91 Å². The summed E-state index contributed by atoms with van der Waals surface area (Å²) in [5, 5.41) is 19.0. The molecule has 1 atom stereocenters. The second-order valence-corrected chi connectivity index (χ2v) is 6.25. The maximum Gasteiger partial charge on any atom is 0.259 e. The van der Waals surface area contributed by atoms with Gasteiger partial charge < -0.3 is 14.7 Å². The molecule has 0 aliphatic carbocycles. The molecule has 1 saturated heterocycles. The average molecular weight is 331 g/mol. The first kappa shape index (κ1) is 16.4. The molecule has 128 valence electrons. The van der Waals surface area contributed by atoms with Crippen molar-refractivity contribution in [3.05, 3.63) is 35.8 Å². The van der Waals surface area contributed by atoms with E-state index in [1.54, 1.807) is 34.1 Å². The van der Waals surface area contributed by atoms with Crippen molar-refractivity contribution in [2.45, 2.75) is 31.9 Å². The quantitative estimate of drug-likeness (QED) is 0.898. The minimum atomic E-state index is -1.18. The van der Waals surface area contributed by atoms with Crippen molar-refractivity contribution in [3.8, 4) is 5.88 Å². The number of aliphatic hydroxyl groups is 1. The standard InChI is InChI=1S/C16H21N5O3/c1-11(2)21-9-13(18-19-21)16(23)6-8-20(10-16)15(22)12-5-4-7-17-14(12)24-3/h4-5,7,9,11,23H,6,8,10H2,1-3H3. The van der Waals surface area contributed by atoms with Crippen LogP contribution in [0.25, 0.3) is 0 Å². The monoisotopic (exact) mass is 331 g/mol. The molecule has 3 heterocycles. The molecule has 2 aromatic rings. The van der Waals surface area contributed by atoms with Gasteiger partial charge in [0.05, 0.1) is 19.9 Å². The predicted octanol–water partition coefficient (Wildman–Crippen LogP) is 0.996. The molecule has 1 unspecified atom stereocenters. The number of hydrogen-bond acceptors (Lipinski definition) is 6. The van der Waals surface area contributed by atoms with Crippen LogP contribution in [0.5, 0.6) is 5.88 Å². The highest BCUT2D eigenvalue weighted by Gasteiger charge is 2.42. The fourth-order valence-electron chi connectivity index (χ4n) is 2.81. The average Bonchev–Trinajstić information content (AvgIpc) is 3.22. The van der Waals surface area contributed by atoms with Crippen LogP contribution in [0, 0.1) is 0 Å². The number of pyridine rings is 1. The molecule has 0 aromatic carbocycles. The number of aromatic nitrogens is 4. The maximum atomic E-state index is 12.7. The predicted molar refractivity (Wildman–Crippen MR) is 85.6 cm³/mol. The highest BCUT2D eigenvalue weighted by Crippen LogP contribution is 2.32. The highest BCUT2D eigenvalue weighted by atomic mass is 16.5. The Hall–Kier alpha value is -2.48. The van der Waals surface area contributed by atoms with Crippen molar-refractivity contribution in [2.24, 2.45) is 0 Å². The van der Waals surface area contributed by atoms with E-state index in [0.29, 0.717) is 24.2 Å². The summed E-state index contributed by atoms with van der Waals surface area (Å²) in [6.07, 6.45) is 3.72. The molecule has 24 heavy (non-hydrogen) atoms. The van der Waals surface area contributed by atoms with Gasteiger partial charge in [0.1, 0.15) is 16.9 Å². The summed E-state index contributed by atoms with van der Waals surface area (Å²) in [5.74, 6) is 0.0656. The van der Waals surface area contributed by atoms with Crippen molar-refractivity contribution in [3.63, 3.8) is 0 Å². The van der Waals surface area contributed by atoms with Gasteiger partial charge in [-0.1, -0.05) is 5.21 Å². The highest BCUT2D eigenvalue weighted by molar-refractivity contribution is 5.96. The molecule has 1 amide bonds. The van der Waals surface area contributed by atoms with E-state index in [2.05, 4.69) is 15.3 Å². The fraction of sp³-hybridized carbons (Fsp3) is 0.500. The van der Waals surface area contributed by atoms with Gasteiger partial charge in [0, 0.05) is 25.2 Å². The first-order valence-corrected chi connectivity index (χ1v) is 7.87. The molecule has 1 fully saturated rings. The normalized spacial score (nSPS) is 20.6. The van der Waals surface area contributed by atoms with Gasteiger partial charge in [-0.2, -0.15) is 0 Å². The van der Waals surface area contributed by atoms with Crippen molar-refractivity contribution >= 4 is 5.91 Å². The second kappa shape index (κ2) is 6.20. The summed E-state index contributed by atoms with van der Waals surface area (Å²) >= 11 is 0. The lowest BCUT2D eigenvalue weighted by Crippen LogP contribution is -2.35. The van der Waals surface area contributed by atoms with Crippen LogP contribution < -0.4 is 4.74 Å². The van der Waals surface area contributed by atoms with Crippen LogP contribution in [0.15, 0.2) is 24.5 Å². The first-order chi connectivity index (χ1) is 11.4. The number of rotatable bonds is 4. The fourth-order valence-corrected chi connectivity index (χ4v) is 2.81. The number of β-amino-alcohol motifs (C(OH)–C–C–N with tert-alkyl or cyclic N) is 1. The Morgan fingerprint density at radius 3 is 2.92 bits per heavy atom. The first-order valence-electron chi connectivity index (χ1n) is 7.87. The molecular formula is C16H21N5O3. The molecule has 1 aliphatic heterocycles. The Kier molecular flexibility index (Phi) is 4.23. The number of amides is 1. The van der Waals surface area contributed by atoms with Crippen molar-refractivity contribution < 1.29 is 14.6 Å². The second-order valence-electron chi connectivity index (χ2n) is 6.25. The zero-order valence-electron chi connectivity index (χ0n) is 14.0. The van der Waals surface area contributed by atoms with E-state index in [9.17, 15) is 9.90 Å². The Labute approximate surface area is 140 Å². The van der Waals surface area contributed by atoms with Gasteiger partial charge in [0.2, 0.25) is 5.88 Å². The van der Waals surface area contributed by atoms with Crippen LogP contribution >= 0.6 is 0 Å². The van der Waals surface area contributed by atoms with Gasteiger partial charge in [-0.25, -0.2) is 9.67 Å². The van der Waals surface area contributed by atoms with E-state index >= 15 is 0 Å². The Morgan fingerprint density at radius 1 is 1.46 bits per heavy atom. The molecule has 0 spiro atoms. The number of hydrogen-bond donors (Lipinski definition) is 1. The van der Waals surface area contributed by atoms with Gasteiger partial charge >= 0.3 is 0 Å². The van der Waals surface area contributed by atoms with Crippen molar-refractivity contribution in [1.82, 2.24) is 24.9 Å². The molecule has 8 heteroatoms. The molecule has 0 bridgehead atoms. The van der Waals surface area contributed by atoms with Crippen LogP contribution in [-0.4, -0.2) is 56.1 Å². The van der Waals surface area contributed by atoms with Gasteiger partial charge in [-0.15, -0.1) is 5.10 Å². The van der Waals surface area contributed by atoms with E-state index in [0.717, 1.165) is 0 Å². The zero-order valence-corrected chi connectivity index (χ0v) is 14.0. The van der Waals surface area contributed by atoms with E-state index in [4.69, 9.17) is 4.74 Å². The minimum Gasteiger partial charge on any atom is -0.480 e. The summed E-state index contributed by atoms with van der Waals surface area (Å²) in [5.41, 5.74) is -0.308. The molecule has 0 radical (unpaired) electrons. The minimum absolute atomic E-state index is 0.161. The number of carbonyl (C=O) groups is 1. The number of methoxy groups -OCH3 is 1. The molecule has 1 N–H and O–H groups in total. The summed E-state index contributed by atoms with van der Waals surface area (Å²) in [4.78, 5) is 18.4. The molecule has 0 saturated carbocycles. The van der Waals surface area contributed by atoms with Crippen LogP contribution in [0.4, 0.5) is 0 Å². The topological polar surface area (TPSA) is 93.4 Å². The smallest absolute Gasteiger partial charge is 0.259 e. The molecule has 3 rings (SSSR count). The summed E-state index contributed by atoms with van der Waals surface area (Å²) in [7, 11) is 1.48. The Morgan fingerprint density at radius 2 is 2.25 bits per heavy atom. The largest absolute Gasteiger partial charge is 0.480 e. The van der Waals surface area contributed by atoms with Gasteiger partial charge in [0.15, 0.2) is 0 Å². The van der Waals surface area contributed by atoms with E-state index < -0.39 is 5.60 Å². The molecule has 1 aliphatic rings. The summed E-state index contributed by atoms with van der Waals surface area (Å²) < 4.78 is 6.84. The van der Waals surface area contributed by atoms with Gasteiger partial charge in [-0.05, 0) is 26.0 Å². The third-order valence-electron chi connectivity index (χ3n) is 4.25. The number of ether oxygens (including phenoxy) is 1. The van der Waals surface area contributed by atoms with Crippen molar-refractivity contribution in [1.29, 1.82) is 0 Å². The van der Waals surface area contributed by atoms with E-state index in [1.165, 1.54) is 7.11 Å². The van der Waals surface area contributed by atoms with Crippen LogP contribution in [0.3, 0.4) is 0 Å². The number of carbonyl (C=O) groups excluding carboxylic acids is 1. The molecule has 8 nitrogen and oxygen atoms in total. The lowest BCUT2D eigenvalue weighted by atomic mass is 10.00. The number of likely N-dealkylation sites (tertiary alicyclic amines) is 1. The number of nitrogens with zero attached hydrogens (tertiary/aromatic N) is 5.